The number of azo groups is 1. The molecule has 0 radical (unpaired) electrons. The predicted molar refractivity (Wildman–Crippen MR) is 109 cm³/mol. The quantitative estimate of drug-likeness (QED) is 0.643. The van der Waals surface area contributed by atoms with E-state index in [2.05, 4.69) is 37.1 Å². The Balaban J connectivity index is 1.30. The lowest BCUT2D eigenvalue weighted by molar-refractivity contribution is -0.118. The molecule has 1 aromatic heterocycles. The maximum absolute atomic E-state index is 13.4. The Morgan fingerprint density at radius 2 is 1.86 bits per heavy atom. The van der Waals surface area contributed by atoms with Crippen LogP contribution in [0.4, 0.5) is 15.8 Å². The first-order valence-corrected chi connectivity index (χ1v) is 9.57. The van der Waals surface area contributed by atoms with Crippen molar-refractivity contribution in [2.75, 3.05) is 37.6 Å². The molecule has 7 nitrogen and oxygen atoms in total. The average Bonchev–Trinajstić information content (AvgIpc) is 3.06. The van der Waals surface area contributed by atoms with E-state index in [1.165, 1.54) is 23.9 Å². The van der Waals surface area contributed by atoms with Gasteiger partial charge in [0.15, 0.2) is 5.69 Å². The van der Waals surface area contributed by atoms with Crippen molar-refractivity contribution in [1.29, 1.82) is 0 Å². The average molecular weight is 395 g/mol. The van der Waals surface area contributed by atoms with Crippen molar-refractivity contribution in [2.45, 2.75) is 6.42 Å². The monoisotopic (exact) mass is 395 g/mol. The Morgan fingerprint density at radius 3 is 2.62 bits per heavy atom. The highest BCUT2D eigenvalue weighted by Gasteiger charge is 2.18. The molecule has 0 bridgehead atoms. The molecule has 2 aromatic carbocycles. The molecule has 1 aliphatic rings. The van der Waals surface area contributed by atoms with E-state index in [-0.39, 0.29) is 23.9 Å². The minimum atomic E-state index is -0.450. The number of rotatable bonds is 5. The van der Waals surface area contributed by atoms with E-state index in [1.807, 2.05) is 18.2 Å². The second-order valence-electron chi connectivity index (χ2n) is 7.02. The first-order chi connectivity index (χ1) is 14.1. The van der Waals surface area contributed by atoms with Crippen LogP contribution in [-0.2, 0) is 4.79 Å². The number of benzene rings is 2. The van der Waals surface area contributed by atoms with Gasteiger partial charge in [-0.3, -0.25) is 9.69 Å². The van der Waals surface area contributed by atoms with Gasteiger partial charge < -0.3 is 15.0 Å². The van der Waals surface area contributed by atoms with Gasteiger partial charge in [-0.2, -0.15) is 0 Å². The number of carbonyl (C=O) groups is 1. The van der Waals surface area contributed by atoms with Gasteiger partial charge in [-0.1, -0.05) is 18.2 Å². The number of amides is 1. The largest absolute Gasteiger partial charge is 0.493 e. The van der Waals surface area contributed by atoms with E-state index in [0.717, 1.165) is 26.2 Å². The summed E-state index contributed by atoms with van der Waals surface area (Å²) in [6.07, 6.45) is 0.242. The van der Waals surface area contributed by atoms with Crippen LogP contribution in [0.5, 0.6) is 5.88 Å². The maximum atomic E-state index is 13.4. The number of piperazine rings is 1. The lowest BCUT2D eigenvalue weighted by Crippen LogP contribution is -2.46. The van der Waals surface area contributed by atoms with Gasteiger partial charge in [0.1, 0.15) is 5.82 Å². The van der Waals surface area contributed by atoms with E-state index >= 15 is 0 Å². The molecule has 2 heterocycles. The molecule has 0 spiro atoms. The molecular formula is C21H22FN5O2. The fourth-order valence-electron chi connectivity index (χ4n) is 3.51. The van der Waals surface area contributed by atoms with Crippen LogP contribution in [0.1, 0.15) is 6.42 Å². The Labute approximate surface area is 167 Å². The fraction of sp³-hybridized carbons (Fsp3) is 0.286. The summed E-state index contributed by atoms with van der Waals surface area (Å²) in [5.74, 6) is -1.06. The molecule has 1 amide bonds. The highest BCUT2D eigenvalue weighted by atomic mass is 19.1. The smallest absolute Gasteiger partial charge is 0.266 e. The normalized spacial score (nSPS) is 15.4. The topological polar surface area (TPSA) is 84.3 Å². The number of H-pyrrole nitrogens is 1. The van der Waals surface area contributed by atoms with Crippen LogP contribution < -0.4 is 4.90 Å². The molecule has 0 aliphatic carbocycles. The lowest BCUT2D eigenvalue weighted by Gasteiger charge is -2.35. The summed E-state index contributed by atoms with van der Waals surface area (Å²) in [6, 6.07) is 14.3. The molecule has 2 N–H and O–H groups in total. The van der Waals surface area contributed by atoms with Crippen LogP contribution in [0.25, 0.3) is 10.9 Å². The predicted octanol–water partition coefficient (Wildman–Crippen LogP) is 3.84. The van der Waals surface area contributed by atoms with Gasteiger partial charge in [0, 0.05) is 50.2 Å². The number of carbonyl (C=O) groups excluding carboxylic acids is 1. The van der Waals surface area contributed by atoms with Crippen molar-refractivity contribution >= 4 is 28.2 Å². The van der Waals surface area contributed by atoms with E-state index in [9.17, 15) is 14.3 Å². The van der Waals surface area contributed by atoms with Crippen LogP contribution in [0.3, 0.4) is 0 Å². The number of para-hydroxylation sites is 1. The highest BCUT2D eigenvalue weighted by molar-refractivity contribution is 5.94. The number of nitrogens with one attached hydrogen (secondary N) is 1. The van der Waals surface area contributed by atoms with E-state index in [4.69, 9.17) is 0 Å². The molecule has 0 atom stereocenters. The van der Waals surface area contributed by atoms with Crippen LogP contribution in [-0.4, -0.2) is 53.6 Å². The minimum Gasteiger partial charge on any atom is -0.493 e. The number of anilines is 1. The Bertz CT molecular complexity index is 1030. The summed E-state index contributed by atoms with van der Waals surface area (Å²) in [4.78, 5) is 19.4. The zero-order valence-corrected chi connectivity index (χ0v) is 15.9. The van der Waals surface area contributed by atoms with Gasteiger partial charge in [0.2, 0.25) is 5.88 Å². The molecular weight excluding hydrogens is 373 g/mol. The number of aromatic nitrogens is 1. The van der Waals surface area contributed by atoms with Crippen molar-refractivity contribution in [3.05, 3.63) is 54.3 Å². The number of fused-ring (bicyclic) bond motifs is 1. The summed E-state index contributed by atoms with van der Waals surface area (Å²) in [7, 11) is 0. The Hall–Kier alpha value is -3.26. The summed E-state index contributed by atoms with van der Waals surface area (Å²) in [5, 5.41) is 17.9. The molecule has 150 valence electrons. The first kappa shape index (κ1) is 19.1. The van der Waals surface area contributed by atoms with Crippen molar-refractivity contribution in [2.24, 2.45) is 10.2 Å². The third kappa shape index (κ3) is 4.43. The highest BCUT2D eigenvalue weighted by Crippen LogP contribution is 2.35. The molecule has 8 heteroatoms. The number of nitrogens with zero attached hydrogens (tertiary/aromatic N) is 4. The molecule has 3 aromatic rings. The van der Waals surface area contributed by atoms with Crippen molar-refractivity contribution in [3.63, 3.8) is 0 Å². The zero-order valence-electron chi connectivity index (χ0n) is 15.9. The molecule has 0 unspecified atom stereocenters. The number of halogens is 1. The lowest BCUT2D eigenvalue weighted by atomic mass is 10.2. The SMILES string of the molecule is O=C(CCN1CCN(c2ccccc2)CC1)N=Nc1c(O)[nH]c2ccc(F)cc12. The van der Waals surface area contributed by atoms with Crippen LogP contribution in [0.15, 0.2) is 58.8 Å². The van der Waals surface area contributed by atoms with E-state index in [0.29, 0.717) is 17.4 Å². The zero-order chi connectivity index (χ0) is 20.2. The van der Waals surface area contributed by atoms with Gasteiger partial charge in [-0.25, -0.2) is 4.39 Å². The standard InChI is InChI=1S/C21H22FN5O2/c22-15-6-7-18-17(14-15)20(21(29)23-18)25-24-19(28)8-9-26-10-12-27(13-11-26)16-4-2-1-3-5-16/h1-7,14,23,29H,8-13H2. The van der Waals surface area contributed by atoms with Crippen LogP contribution >= 0.6 is 0 Å². The van der Waals surface area contributed by atoms with Gasteiger partial charge in [-0.15, -0.1) is 10.2 Å². The molecule has 1 aliphatic heterocycles. The van der Waals surface area contributed by atoms with Crippen LogP contribution in [0, 0.1) is 5.82 Å². The van der Waals surface area contributed by atoms with Crippen molar-refractivity contribution in [3.8, 4) is 5.88 Å². The number of hydrogen-bond acceptors (Lipinski definition) is 5. The van der Waals surface area contributed by atoms with E-state index in [1.54, 1.807) is 0 Å². The fourth-order valence-corrected chi connectivity index (χ4v) is 3.51. The van der Waals surface area contributed by atoms with Crippen molar-refractivity contribution < 1.29 is 14.3 Å². The second kappa shape index (κ2) is 8.40. The summed E-state index contributed by atoms with van der Waals surface area (Å²) in [6.45, 7) is 4.18. The number of aromatic hydroxyl groups is 1. The first-order valence-electron chi connectivity index (χ1n) is 9.57. The number of aromatic amines is 1. The van der Waals surface area contributed by atoms with Crippen molar-refractivity contribution in [1.82, 2.24) is 9.88 Å². The molecule has 29 heavy (non-hydrogen) atoms. The number of hydrogen-bond donors (Lipinski definition) is 2. The van der Waals surface area contributed by atoms with Gasteiger partial charge in [0.25, 0.3) is 5.91 Å². The molecule has 1 saturated heterocycles. The van der Waals surface area contributed by atoms with Gasteiger partial charge in [-0.05, 0) is 30.3 Å². The third-order valence-electron chi connectivity index (χ3n) is 5.11. The van der Waals surface area contributed by atoms with Crippen LogP contribution in [0.2, 0.25) is 0 Å². The summed E-state index contributed by atoms with van der Waals surface area (Å²) < 4.78 is 13.4. The summed E-state index contributed by atoms with van der Waals surface area (Å²) in [5.41, 5.74) is 1.82. The third-order valence-corrected chi connectivity index (χ3v) is 5.11. The molecule has 4 rings (SSSR count). The minimum absolute atomic E-state index is 0.0734. The molecule has 0 saturated carbocycles. The second-order valence-corrected chi connectivity index (χ2v) is 7.02. The van der Waals surface area contributed by atoms with Gasteiger partial charge >= 0.3 is 0 Å². The van der Waals surface area contributed by atoms with Gasteiger partial charge in [0.05, 0.1) is 5.52 Å². The Morgan fingerprint density at radius 1 is 1.10 bits per heavy atom. The summed E-state index contributed by atoms with van der Waals surface area (Å²) >= 11 is 0. The maximum Gasteiger partial charge on any atom is 0.266 e. The Kier molecular flexibility index (Phi) is 5.53. The molecule has 1 fully saturated rings. The van der Waals surface area contributed by atoms with E-state index < -0.39 is 5.82 Å².